The summed E-state index contributed by atoms with van der Waals surface area (Å²) in [4.78, 5) is 14.9. The van der Waals surface area contributed by atoms with Crippen LogP contribution in [0.3, 0.4) is 0 Å². The third-order valence-corrected chi connectivity index (χ3v) is 6.14. The minimum absolute atomic E-state index is 0.220. The van der Waals surface area contributed by atoms with Gasteiger partial charge in [-0.3, -0.25) is 4.79 Å². The fourth-order valence-electron chi connectivity index (χ4n) is 4.08. The molecule has 1 atom stereocenters. The van der Waals surface area contributed by atoms with Crippen molar-refractivity contribution in [3.63, 3.8) is 0 Å². The number of hydrogen-bond donors (Lipinski definition) is 1. The Labute approximate surface area is 193 Å². The third-order valence-electron chi connectivity index (χ3n) is 5.89. The molecule has 1 N–H and O–H groups in total. The van der Waals surface area contributed by atoms with Gasteiger partial charge in [0.1, 0.15) is 5.75 Å². The molecule has 0 fully saturated rings. The highest BCUT2D eigenvalue weighted by Crippen LogP contribution is 2.44. The normalized spacial score (nSPS) is 16.2. The van der Waals surface area contributed by atoms with Crippen LogP contribution in [0.5, 0.6) is 5.75 Å². The maximum absolute atomic E-state index is 13.2. The molecule has 1 unspecified atom stereocenters. The first kappa shape index (κ1) is 22.0. The van der Waals surface area contributed by atoms with E-state index in [1.54, 1.807) is 12.0 Å². The number of methoxy groups -OCH3 is 1. The first-order valence-corrected chi connectivity index (χ1v) is 11.0. The Kier molecular flexibility index (Phi) is 6.24. The summed E-state index contributed by atoms with van der Waals surface area (Å²) in [5, 5.41) is 11.6. The molecule has 164 valence electrons. The van der Waals surface area contributed by atoms with Gasteiger partial charge in [-0.1, -0.05) is 74.0 Å². The minimum atomic E-state index is -0.409. The summed E-state index contributed by atoms with van der Waals surface area (Å²) in [7, 11) is 1.61. The molecule has 4 rings (SSSR count). The Balaban J connectivity index is 1.78. The Morgan fingerprint density at radius 1 is 0.969 bits per heavy atom. The molecule has 1 aliphatic heterocycles. The number of carbonyl (C=O) groups excluding carboxylic acids is 1. The lowest BCUT2D eigenvalue weighted by atomic mass is 9.91. The van der Waals surface area contributed by atoms with E-state index in [-0.39, 0.29) is 11.7 Å². The lowest BCUT2D eigenvalue weighted by Crippen LogP contribution is -2.29. The Bertz CT molecular complexity index is 1130. The van der Waals surface area contributed by atoms with E-state index in [1.807, 2.05) is 60.7 Å². The van der Waals surface area contributed by atoms with Crippen LogP contribution in [0, 0.1) is 0 Å². The second kappa shape index (κ2) is 9.09. The van der Waals surface area contributed by atoms with Crippen molar-refractivity contribution < 1.29 is 14.6 Å². The lowest BCUT2D eigenvalue weighted by Gasteiger charge is -2.28. The molecule has 0 bridgehead atoms. The summed E-state index contributed by atoms with van der Waals surface area (Å²) in [6.07, 6.45) is 0. The van der Waals surface area contributed by atoms with Crippen LogP contribution in [-0.4, -0.2) is 23.0 Å². The van der Waals surface area contributed by atoms with Crippen molar-refractivity contribution in [3.8, 4) is 5.75 Å². The Hall–Kier alpha value is -3.24. The molecule has 0 aromatic heterocycles. The predicted molar refractivity (Wildman–Crippen MR) is 128 cm³/mol. The molecule has 4 nitrogen and oxygen atoms in total. The molecule has 3 aromatic carbocycles. The van der Waals surface area contributed by atoms with Gasteiger partial charge in [-0.05, 0) is 52.4 Å². The zero-order valence-corrected chi connectivity index (χ0v) is 19.1. The molecule has 1 aliphatic rings. The smallest absolute Gasteiger partial charge is 0.290 e. The SMILES string of the molecule is COc1ccc(C2=C(O)C(=O)N(Cc3ccc(Cl)cc3)C2c2ccc(C(C)C)cc2)cc1. The highest BCUT2D eigenvalue weighted by molar-refractivity contribution is 6.30. The van der Waals surface area contributed by atoms with Crippen LogP contribution in [-0.2, 0) is 11.3 Å². The van der Waals surface area contributed by atoms with Crippen LogP contribution in [0.1, 0.15) is 48.1 Å². The number of carbonyl (C=O) groups is 1. The second-order valence-electron chi connectivity index (χ2n) is 8.27. The zero-order chi connectivity index (χ0) is 22.8. The monoisotopic (exact) mass is 447 g/mol. The van der Waals surface area contributed by atoms with Gasteiger partial charge in [0.25, 0.3) is 5.91 Å². The van der Waals surface area contributed by atoms with Crippen molar-refractivity contribution >= 4 is 23.1 Å². The van der Waals surface area contributed by atoms with E-state index in [4.69, 9.17) is 16.3 Å². The highest BCUT2D eigenvalue weighted by atomic mass is 35.5. The summed E-state index contributed by atoms with van der Waals surface area (Å²) >= 11 is 6.03. The number of amides is 1. The van der Waals surface area contributed by atoms with Gasteiger partial charge in [0.05, 0.1) is 13.2 Å². The van der Waals surface area contributed by atoms with Gasteiger partial charge in [-0.15, -0.1) is 0 Å². The number of aliphatic hydroxyl groups is 1. The minimum Gasteiger partial charge on any atom is -0.503 e. The van der Waals surface area contributed by atoms with Crippen LogP contribution >= 0.6 is 11.6 Å². The van der Waals surface area contributed by atoms with Gasteiger partial charge < -0.3 is 14.7 Å². The standard InChI is InChI=1S/C27H26ClNO3/c1-17(2)19-6-8-21(9-7-19)25-24(20-10-14-23(32-3)15-11-20)26(30)27(31)29(25)16-18-4-12-22(28)13-5-18/h4-15,17,25,30H,16H2,1-3H3. The van der Waals surface area contributed by atoms with Crippen LogP contribution in [0.4, 0.5) is 0 Å². The van der Waals surface area contributed by atoms with E-state index in [0.717, 1.165) is 16.7 Å². The maximum Gasteiger partial charge on any atom is 0.290 e. The molecule has 0 saturated heterocycles. The van der Waals surface area contributed by atoms with E-state index in [0.29, 0.717) is 28.8 Å². The molecule has 0 saturated carbocycles. The number of halogens is 1. The molecule has 0 radical (unpaired) electrons. The van der Waals surface area contributed by atoms with E-state index >= 15 is 0 Å². The van der Waals surface area contributed by atoms with Crippen LogP contribution in [0.25, 0.3) is 5.57 Å². The average Bonchev–Trinajstić information content (AvgIpc) is 3.05. The first-order valence-electron chi connectivity index (χ1n) is 10.6. The molecular weight excluding hydrogens is 422 g/mol. The number of rotatable bonds is 6. The van der Waals surface area contributed by atoms with Crippen LogP contribution in [0.15, 0.2) is 78.6 Å². The molecule has 0 spiro atoms. The highest BCUT2D eigenvalue weighted by Gasteiger charge is 2.41. The number of hydrogen-bond acceptors (Lipinski definition) is 3. The second-order valence-corrected chi connectivity index (χ2v) is 8.71. The van der Waals surface area contributed by atoms with E-state index < -0.39 is 6.04 Å². The summed E-state index contributed by atoms with van der Waals surface area (Å²) in [5.41, 5.74) is 4.50. The van der Waals surface area contributed by atoms with Crippen molar-refractivity contribution in [1.82, 2.24) is 4.90 Å². The zero-order valence-electron chi connectivity index (χ0n) is 18.4. The van der Waals surface area contributed by atoms with Crippen molar-refractivity contribution in [2.24, 2.45) is 0 Å². The summed E-state index contributed by atoms with van der Waals surface area (Å²) in [6.45, 7) is 4.65. The number of ether oxygens (including phenoxy) is 1. The van der Waals surface area contributed by atoms with Crippen molar-refractivity contribution in [1.29, 1.82) is 0 Å². The molecule has 3 aromatic rings. The van der Waals surface area contributed by atoms with E-state index in [2.05, 4.69) is 26.0 Å². The average molecular weight is 448 g/mol. The molecule has 0 aliphatic carbocycles. The largest absolute Gasteiger partial charge is 0.503 e. The topological polar surface area (TPSA) is 49.8 Å². The number of benzene rings is 3. The van der Waals surface area contributed by atoms with E-state index in [9.17, 15) is 9.90 Å². The van der Waals surface area contributed by atoms with Gasteiger partial charge in [0.15, 0.2) is 5.76 Å². The molecule has 1 amide bonds. The van der Waals surface area contributed by atoms with Crippen molar-refractivity contribution in [2.45, 2.75) is 32.4 Å². The first-order chi connectivity index (χ1) is 15.4. The Morgan fingerprint density at radius 2 is 1.59 bits per heavy atom. The maximum atomic E-state index is 13.2. The van der Waals surface area contributed by atoms with Gasteiger partial charge in [0, 0.05) is 17.1 Å². The van der Waals surface area contributed by atoms with Gasteiger partial charge in [0.2, 0.25) is 0 Å². The predicted octanol–water partition coefficient (Wildman–Crippen LogP) is 6.52. The number of nitrogens with zero attached hydrogens (tertiary/aromatic N) is 1. The van der Waals surface area contributed by atoms with E-state index in [1.165, 1.54) is 5.56 Å². The fraction of sp³-hybridized carbons (Fsp3) is 0.222. The van der Waals surface area contributed by atoms with Crippen molar-refractivity contribution in [2.75, 3.05) is 7.11 Å². The lowest BCUT2D eigenvalue weighted by molar-refractivity contribution is -0.130. The van der Waals surface area contributed by atoms with Crippen LogP contribution in [0.2, 0.25) is 5.02 Å². The Morgan fingerprint density at radius 3 is 2.16 bits per heavy atom. The quantitative estimate of drug-likeness (QED) is 0.467. The summed E-state index contributed by atoms with van der Waals surface area (Å²) < 4.78 is 5.27. The fourth-order valence-corrected chi connectivity index (χ4v) is 4.20. The third kappa shape index (κ3) is 4.23. The van der Waals surface area contributed by atoms with Crippen LogP contribution < -0.4 is 4.74 Å². The molecule has 32 heavy (non-hydrogen) atoms. The van der Waals surface area contributed by atoms with Gasteiger partial charge in [-0.25, -0.2) is 0 Å². The molecular formula is C27H26ClNO3. The molecule has 1 heterocycles. The van der Waals surface area contributed by atoms with Gasteiger partial charge in [-0.2, -0.15) is 0 Å². The molecule has 5 heteroatoms. The van der Waals surface area contributed by atoms with Gasteiger partial charge >= 0.3 is 0 Å². The van der Waals surface area contributed by atoms with Crippen molar-refractivity contribution in [3.05, 3.63) is 106 Å². The summed E-state index contributed by atoms with van der Waals surface area (Å²) in [6, 6.07) is 22.7. The summed E-state index contributed by atoms with van der Waals surface area (Å²) in [5.74, 6) is 0.518. The number of aliphatic hydroxyl groups excluding tert-OH is 1.